The molecular weight excluding hydrogens is 294 g/mol. The van der Waals surface area contributed by atoms with Crippen molar-refractivity contribution >= 4 is 11.7 Å². The number of pyridine rings is 1. The summed E-state index contributed by atoms with van der Waals surface area (Å²) in [5.74, 6) is 0.170. The number of allylic oxidation sites excluding steroid dienone is 2. The van der Waals surface area contributed by atoms with Crippen LogP contribution in [0.2, 0.25) is 0 Å². The van der Waals surface area contributed by atoms with E-state index >= 15 is 0 Å². The molecule has 1 amide bonds. The number of nitrogens with zero attached hydrogens (tertiary/aromatic N) is 1. The minimum atomic E-state index is -0.311. The third-order valence-corrected chi connectivity index (χ3v) is 3.02. The highest BCUT2D eigenvalue weighted by molar-refractivity contribution is 6.04. The minimum Gasteiger partial charge on any atom is -0.497 e. The van der Waals surface area contributed by atoms with Gasteiger partial charge in [-0.2, -0.15) is 0 Å². The van der Waals surface area contributed by atoms with Gasteiger partial charge >= 0.3 is 0 Å². The van der Waals surface area contributed by atoms with Crippen molar-refractivity contribution in [2.75, 3.05) is 7.11 Å². The molecule has 0 saturated heterocycles. The molecule has 0 aliphatic rings. The molecule has 1 aromatic carbocycles. The Labute approximate surface area is 134 Å². The average Bonchev–Trinajstić information content (AvgIpc) is 2.60. The Morgan fingerprint density at radius 3 is 2.43 bits per heavy atom. The lowest BCUT2D eigenvalue weighted by molar-refractivity contribution is 0.0936. The molecule has 1 heterocycles. The molecule has 0 atom stereocenters. The van der Waals surface area contributed by atoms with Crippen molar-refractivity contribution in [3.63, 3.8) is 0 Å². The van der Waals surface area contributed by atoms with E-state index in [0.717, 1.165) is 0 Å². The second kappa shape index (κ2) is 7.74. The quantitative estimate of drug-likeness (QED) is 0.485. The maximum atomic E-state index is 12.0. The van der Waals surface area contributed by atoms with Crippen LogP contribution >= 0.6 is 0 Å². The van der Waals surface area contributed by atoms with Crippen molar-refractivity contribution in [1.82, 2.24) is 15.8 Å². The van der Waals surface area contributed by atoms with Crippen molar-refractivity contribution in [3.8, 4) is 5.75 Å². The third kappa shape index (κ3) is 4.67. The largest absolute Gasteiger partial charge is 0.497 e. The van der Waals surface area contributed by atoms with Gasteiger partial charge in [-0.25, -0.2) is 0 Å². The molecule has 23 heavy (non-hydrogen) atoms. The summed E-state index contributed by atoms with van der Waals surface area (Å²) in [4.78, 5) is 27.8. The van der Waals surface area contributed by atoms with Crippen LogP contribution in [0.3, 0.4) is 0 Å². The highest BCUT2D eigenvalue weighted by Gasteiger charge is 2.06. The van der Waals surface area contributed by atoms with Crippen LogP contribution in [0.15, 0.2) is 60.6 Å². The predicted molar refractivity (Wildman–Crippen MR) is 85.9 cm³/mol. The van der Waals surface area contributed by atoms with E-state index in [1.165, 1.54) is 12.3 Å². The monoisotopic (exact) mass is 311 g/mol. The van der Waals surface area contributed by atoms with Crippen LogP contribution in [0.5, 0.6) is 5.75 Å². The summed E-state index contributed by atoms with van der Waals surface area (Å²) in [7, 11) is 1.56. The Balaban J connectivity index is 1.92. The first-order valence-electron chi connectivity index (χ1n) is 6.93. The van der Waals surface area contributed by atoms with E-state index < -0.39 is 0 Å². The molecule has 0 radical (unpaired) electrons. The van der Waals surface area contributed by atoms with Crippen molar-refractivity contribution in [1.29, 1.82) is 0 Å². The molecule has 0 aliphatic heterocycles. The second-order valence-corrected chi connectivity index (χ2v) is 4.74. The number of ketones is 1. The summed E-state index contributed by atoms with van der Waals surface area (Å²) < 4.78 is 5.03. The van der Waals surface area contributed by atoms with Gasteiger partial charge in [-0.1, -0.05) is 0 Å². The number of carbonyl (C=O) groups is 2. The van der Waals surface area contributed by atoms with Crippen molar-refractivity contribution in [2.24, 2.45) is 0 Å². The standard InChI is InChI=1S/C17H17N3O3/c1-12(10-16(21)14-4-3-9-18-11-14)19-20-17(22)13-5-7-15(23-2)8-6-13/h3-11,19H,1-2H3,(H,20,22). The summed E-state index contributed by atoms with van der Waals surface area (Å²) in [6.07, 6.45) is 4.48. The van der Waals surface area contributed by atoms with E-state index in [4.69, 9.17) is 4.74 Å². The van der Waals surface area contributed by atoms with Gasteiger partial charge in [0.2, 0.25) is 0 Å². The van der Waals surface area contributed by atoms with Gasteiger partial charge in [0.25, 0.3) is 5.91 Å². The topological polar surface area (TPSA) is 80.3 Å². The van der Waals surface area contributed by atoms with E-state index in [0.29, 0.717) is 22.6 Å². The summed E-state index contributed by atoms with van der Waals surface area (Å²) in [6.45, 7) is 1.68. The number of amides is 1. The fourth-order valence-corrected chi connectivity index (χ4v) is 1.79. The highest BCUT2D eigenvalue weighted by atomic mass is 16.5. The van der Waals surface area contributed by atoms with Crippen molar-refractivity contribution in [2.45, 2.75) is 6.92 Å². The van der Waals surface area contributed by atoms with Crippen LogP contribution in [0.1, 0.15) is 27.6 Å². The summed E-state index contributed by atoms with van der Waals surface area (Å²) in [6, 6.07) is 10.1. The molecule has 0 aliphatic carbocycles. The number of benzene rings is 1. The van der Waals surface area contributed by atoms with Gasteiger partial charge in [0.15, 0.2) is 5.78 Å². The average molecular weight is 311 g/mol. The molecule has 0 spiro atoms. The number of hydrogen-bond donors (Lipinski definition) is 2. The van der Waals surface area contributed by atoms with Gasteiger partial charge in [0, 0.05) is 35.3 Å². The van der Waals surface area contributed by atoms with Gasteiger partial charge in [-0.05, 0) is 43.3 Å². The number of hydrazine groups is 1. The Bertz CT molecular complexity index is 710. The van der Waals surface area contributed by atoms with E-state index in [2.05, 4.69) is 15.8 Å². The first-order chi connectivity index (χ1) is 11.1. The van der Waals surface area contributed by atoms with Crippen LogP contribution < -0.4 is 15.6 Å². The number of ether oxygens (including phenoxy) is 1. The Morgan fingerprint density at radius 1 is 1.09 bits per heavy atom. The lowest BCUT2D eigenvalue weighted by atomic mass is 10.2. The summed E-state index contributed by atoms with van der Waals surface area (Å²) in [5, 5.41) is 0. The molecule has 118 valence electrons. The zero-order valence-electron chi connectivity index (χ0n) is 12.9. The zero-order chi connectivity index (χ0) is 16.7. The van der Waals surface area contributed by atoms with E-state index in [-0.39, 0.29) is 11.7 Å². The molecule has 2 N–H and O–H groups in total. The maximum Gasteiger partial charge on any atom is 0.269 e. The number of nitrogens with one attached hydrogen (secondary N) is 2. The Hall–Kier alpha value is -3.15. The van der Waals surface area contributed by atoms with Gasteiger partial charge in [0.1, 0.15) is 5.75 Å². The van der Waals surface area contributed by atoms with Crippen LogP contribution in [0.25, 0.3) is 0 Å². The summed E-state index contributed by atoms with van der Waals surface area (Å²) in [5.41, 5.74) is 6.70. The first kappa shape index (κ1) is 16.2. The molecular formula is C17H17N3O3. The van der Waals surface area contributed by atoms with Crippen molar-refractivity contribution in [3.05, 3.63) is 71.7 Å². The van der Waals surface area contributed by atoms with E-state index in [1.807, 2.05) is 0 Å². The lowest BCUT2D eigenvalue weighted by Gasteiger charge is -2.09. The van der Waals surface area contributed by atoms with E-state index in [1.54, 1.807) is 56.6 Å². The summed E-state index contributed by atoms with van der Waals surface area (Å²) >= 11 is 0. The number of carbonyl (C=O) groups excluding carboxylic acids is 2. The predicted octanol–water partition coefficient (Wildman–Crippen LogP) is 2.11. The molecule has 0 saturated carbocycles. The molecule has 2 aromatic rings. The fourth-order valence-electron chi connectivity index (χ4n) is 1.79. The minimum absolute atomic E-state index is 0.193. The molecule has 2 rings (SSSR count). The third-order valence-electron chi connectivity index (χ3n) is 3.02. The van der Waals surface area contributed by atoms with Crippen LogP contribution in [-0.2, 0) is 0 Å². The second-order valence-electron chi connectivity index (χ2n) is 4.74. The van der Waals surface area contributed by atoms with Crippen molar-refractivity contribution < 1.29 is 14.3 Å². The van der Waals surface area contributed by atoms with Crippen LogP contribution in [0, 0.1) is 0 Å². The lowest BCUT2D eigenvalue weighted by Crippen LogP contribution is -2.36. The Morgan fingerprint density at radius 2 is 1.83 bits per heavy atom. The Kier molecular flexibility index (Phi) is 5.46. The first-order valence-corrected chi connectivity index (χ1v) is 6.93. The maximum absolute atomic E-state index is 12.0. The number of hydrogen-bond acceptors (Lipinski definition) is 5. The molecule has 0 unspecified atom stereocenters. The van der Waals surface area contributed by atoms with Crippen LogP contribution in [0.4, 0.5) is 0 Å². The van der Waals surface area contributed by atoms with E-state index in [9.17, 15) is 9.59 Å². The smallest absolute Gasteiger partial charge is 0.269 e. The molecule has 6 nitrogen and oxygen atoms in total. The van der Waals surface area contributed by atoms with Gasteiger partial charge in [0.05, 0.1) is 7.11 Å². The SMILES string of the molecule is COc1ccc(C(=O)NNC(C)=CC(=O)c2cccnc2)cc1. The number of methoxy groups -OCH3 is 1. The highest BCUT2D eigenvalue weighted by Crippen LogP contribution is 2.10. The molecule has 0 bridgehead atoms. The van der Waals surface area contributed by atoms with Gasteiger partial charge < -0.3 is 10.2 Å². The zero-order valence-corrected chi connectivity index (χ0v) is 12.9. The molecule has 6 heteroatoms. The fraction of sp³-hybridized carbons (Fsp3) is 0.118. The normalized spacial score (nSPS) is 10.8. The van der Waals surface area contributed by atoms with Gasteiger partial charge in [-0.15, -0.1) is 0 Å². The number of aromatic nitrogens is 1. The van der Waals surface area contributed by atoms with Gasteiger partial charge in [-0.3, -0.25) is 20.0 Å². The molecule has 0 fully saturated rings. The van der Waals surface area contributed by atoms with Crippen LogP contribution in [-0.4, -0.2) is 23.8 Å². The number of rotatable bonds is 6. The molecule has 1 aromatic heterocycles.